The van der Waals surface area contributed by atoms with Crippen molar-refractivity contribution in [1.82, 2.24) is 4.90 Å². The minimum absolute atomic E-state index is 0.0716. The van der Waals surface area contributed by atoms with E-state index in [1.165, 1.54) is 4.90 Å². The fourth-order valence-corrected chi connectivity index (χ4v) is 2.78. The van der Waals surface area contributed by atoms with Crippen LogP contribution in [-0.2, 0) is 9.59 Å². The first-order valence-corrected chi connectivity index (χ1v) is 5.03. The zero-order chi connectivity index (χ0) is 9.59. The van der Waals surface area contributed by atoms with Crippen molar-refractivity contribution in [3.8, 4) is 0 Å². The standard InChI is InChI=1S/C8H9NO3S/c1-4-3-13-6-2-5(10)9(6)7(4)8(11)12/h6H,2-3H2,1H3,(H,11,12). The second-order valence-corrected chi connectivity index (χ2v) is 4.33. The van der Waals surface area contributed by atoms with E-state index in [-0.39, 0.29) is 17.0 Å². The van der Waals surface area contributed by atoms with Crippen LogP contribution in [0.4, 0.5) is 0 Å². The molecule has 0 spiro atoms. The molecule has 1 atom stereocenters. The molecule has 2 heterocycles. The van der Waals surface area contributed by atoms with Crippen molar-refractivity contribution in [3.05, 3.63) is 11.3 Å². The number of carboxylic acid groups (broad SMARTS) is 1. The Hall–Kier alpha value is -0.970. The first-order chi connectivity index (χ1) is 6.11. The first-order valence-electron chi connectivity index (χ1n) is 3.98. The molecule has 0 aromatic heterocycles. The van der Waals surface area contributed by atoms with E-state index in [1.54, 1.807) is 18.7 Å². The smallest absolute Gasteiger partial charge is 0.352 e. The topological polar surface area (TPSA) is 57.6 Å². The predicted octanol–water partition coefficient (Wildman–Crippen LogP) is 0.650. The number of hydrogen-bond acceptors (Lipinski definition) is 3. The molecule has 70 valence electrons. The van der Waals surface area contributed by atoms with Crippen molar-refractivity contribution in [1.29, 1.82) is 0 Å². The number of aliphatic carboxylic acids is 1. The number of carbonyl (C=O) groups is 2. The van der Waals surface area contributed by atoms with E-state index >= 15 is 0 Å². The van der Waals surface area contributed by atoms with E-state index in [0.717, 1.165) is 11.3 Å². The molecule has 2 rings (SSSR count). The monoisotopic (exact) mass is 199 g/mol. The number of carboxylic acids is 1. The molecule has 4 nitrogen and oxygen atoms in total. The van der Waals surface area contributed by atoms with E-state index in [4.69, 9.17) is 5.11 Å². The van der Waals surface area contributed by atoms with Gasteiger partial charge in [-0.1, -0.05) is 0 Å². The van der Waals surface area contributed by atoms with E-state index in [1.807, 2.05) is 0 Å². The summed E-state index contributed by atoms with van der Waals surface area (Å²) < 4.78 is 0. The average molecular weight is 199 g/mol. The summed E-state index contributed by atoms with van der Waals surface area (Å²) in [4.78, 5) is 23.4. The van der Waals surface area contributed by atoms with Gasteiger partial charge >= 0.3 is 5.97 Å². The minimum atomic E-state index is -0.990. The lowest BCUT2D eigenvalue weighted by Crippen LogP contribution is -2.53. The highest BCUT2D eigenvalue weighted by molar-refractivity contribution is 8.00. The van der Waals surface area contributed by atoms with Crippen LogP contribution in [0.25, 0.3) is 0 Å². The number of carbonyl (C=O) groups excluding carboxylic acids is 1. The highest BCUT2D eigenvalue weighted by Gasteiger charge is 2.44. The van der Waals surface area contributed by atoms with Crippen LogP contribution in [0.2, 0.25) is 0 Å². The van der Waals surface area contributed by atoms with Gasteiger partial charge in [-0.15, -0.1) is 11.8 Å². The third kappa shape index (κ3) is 1.14. The molecule has 0 aliphatic carbocycles. The maximum absolute atomic E-state index is 11.1. The molecule has 0 aromatic carbocycles. The van der Waals surface area contributed by atoms with E-state index in [2.05, 4.69) is 0 Å². The first kappa shape index (κ1) is 8.62. The Morgan fingerprint density at radius 1 is 1.69 bits per heavy atom. The number of nitrogens with zero attached hydrogens (tertiary/aromatic N) is 1. The van der Waals surface area contributed by atoms with Crippen molar-refractivity contribution < 1.29 is 14.7 Å². The molecule has 2 aliphatic heterocycles. The maximum Gasteiger partial charge on any atom is 0.352 e. The van der Waals surface area contributed by atoms with Gasteiger partial charge in [-0.3, -0.25) is 9.69 Å². The Bertz CT molecular complexity index is 323. The van der Waals surface area contributed by atoms with Gasteiger partial charge in [0.1, 0.15) is 5.70 Å². The van der Waals surface area contributed by atoms with Gasteiger partial charge < -0.3 is 5.11 Å². The summed E-state index contributed by atoms with van der Waals surface area (Å²) in [5.41, 5.74) is 0.974. The lowest BCUT2D eigenvalue weighted by molar-refractivity contribution is -0.146. The van der Waals surface area contributed by atoms with E-state index in [0.29, 0.717) is 6.42 Å². The van der Waals surface area contributed by atoms with E-state index in [9.17, 15) is 9.59 Å². The summed E-state index contributed by atoms with van der Waals surface area (Å²) in [5.74, 6) is -0.347. The molecule has 1 amide bonds. The maximum atomic E-state index is 11.1. The molecule has 13 heavy (non-hydrogen) atoms. The normalized spacial score (nSPS) is 27.0. The average Bonchev–Trinajstić information content (AvgIpc) is 2.05. The molecular weight excluding hydrogens is 190 g/mol. The highest BCUT2D eigenvalue weighted by Crippen LogP contribution is 2.39. The zero-order valence-corrected chi connectivity index (χ0v) is 7.93. The van der Waals surface area contributed by atoms with Crippen LogP contribution in [0.3, 0.4) is 0 Å². The summed E-state index contributed by atoms with van der Waals surface area (Å²) in [7, 11) is 0. The number of fused-ring (bicyclic) bond motifs is 1. The SMILES string of the molecule is CC1=C(C(=O)O)N2C(=O)CC2SC1. The molecule has 0 aromatic rings. The summed E-state index contributed by atoms with van der Waals surface area (Å²) in [5, 5.41) is 8.96. The summed E-state index contributed by atoms with van der Waals surface area (Å²) >= 11 is 1.63. The van der Waals surface area contributed by atoms with E-state index < -0.39 is 5.97 Å². The molecule has 0 saturated carbocycles. The number of thioether (sulfide) groups is 1. The number of β-lactam (4-membered cyclic amide) rings is 1. The van der Waals surface area contributed by atoms with Crippen LogP contribution in [0.1, 0.15) is 13.3 Å². The third-order valence-corrected chi connectivity index (χ3v) is 3.61. The van der Waals surface area contributed by atoms with Crippen molar-refractivity contribution in [2.45, 2.75) is 18.7 Å². The Morgan fingerprint density at radius 2 is 2.38 bits per heavy atom. The van der Waals surface area contributed by atoms with Gasteiger partial charge in [0.05, 0.1) is 11.8 Å². The van der Waals surface area contributed by atoms with Crippen LogP contribution in [0.15, 0.2) is 11.3 Å². The molecule has 1 saturated heterocycles. The molecule has 2 aliphatic rings. The second kappa shape index (κ2) is 2.77. The van der Waals surface area contributed by atoms with Crippen LogP contribution < -0.4 is 0 Å². The van der Waals surface area contributed by atoms with Crippen LogP contribution in [0.5, 0.6) is 0 Å². The second-order valence-electron chi connectivity index (χ2n) is 3.17. The fourth-order valence-electron chi connectivity index (χ4n) is 1.57. The Labute approximate surface area is 79.6 Å². The van der Waals surface area contributed by atoms with Crippen LogP contribution >= 0.6 is 11.8 Å². The van der Waals surface area contributed by atoms with Crippen molar-refractivity contribution in [3.63, 3.8) is 0 Å². The quantitative estimate of drug-likeness (QED) is 0.630. The van der Waals surface area contributed by atoms with Gasteiger partial charge in [0.2, 0.25) is 5.91 Å². The lowest BCUT2D eigenvalue weighted by atomic mass is 10.1. The number of amides is 1. The molecular formula is C8H9NO3S. The molecule has 1 fully saturated rings. The Morgan fingerprint density at radius 3 is 2.85 bits per heavy atom. The molecule has 0 radical (unpaired) electrons. The summed E-state index contributed by atoms with van der Waals surface area (Å²) in [6, 6.07) is 0. The summed E-state index contributed by atoms with van der Waals surface area (Å²) in [6.07, 6.45) is 0.481. The number of rotatable bonds is 1. The third-order valence-electron chi connectivity index (χ3n) is 2.25. The van der Waals surface area contributed by atoms with Crippen LogP contribution in [-0.4, -0.2) is 33.0 Å². The van der Waals surface area contributed by atoms with Crippen molar-refractivity contribution >= 4 is 23.6 Å². The highest BCUT2D eigenvalue weighted by atomic mass is 32.2. The molecule has 1 unspecified atom stereocenters. The largest absolute Gasteiger partial charge is 0.477 e. The lowest BCUT2D eigenvalue weighted by Gasteiger charge is -2.43. The Kier molecular flexibility index (Phi) is 1.83. The Balaban J connectivity index is 2.37. The van der Waals surface area contributed by atoms with Crippen LogP contribution in [0, 0.1) is 0 Å². The fraction of sp³-hybridized carbons (Fsp3) is 0.500. The van der Waals surface area contributed by atoms with Crippen molar-refractivity contribution in [2.24, 2.45) is 0 Å². The van der Waals surface area contributed by atoms with Gasteiger partial charge in [0.15, 0.2) is 0 Å². The van der Waals surface area contributed by atoms with Crippen molar-refractivity contribution in [2.75, 3.05) is 5.75 Å². The molecule has 0 bridgehead atoms. The molecule has 5 heteroatoms. The predicted molar refractivity (Wildman–Crippen MR) is 48.0 cm³/mol. The van der Waals surface area contributed by atoms with Gasteiger partial charge in [-0.2, -0.15) is 0 Å². The number of hydrogen-bond donors (Lipinski definition) is 1. The van der Waals surface area contributed by atoms with Gasteiger partial charge in [-0.05, 0) is 12.5 Å². The molecule has 1 N–H and O–H groups in total. The van der Waals surface area contributed by atoms with Gasteiger partial charge in [-0.25, -0.2) is 4.79 Å². The summed E-state index contributed by atoms with van der Waals surface area (Å²) in [6.45, 7) is 1.76. The zero-order valence-electron chi connectivity index (χ0n) is 7.11. The van der Waals surface area contributed by atoms with Gasteiger partial charge in [0.25, 0.3) is 0 Å². The minimum Gasteiger partial charge on any atom is -0.477 e. The van der Waals surface area contributed by atoms with Gasteiger partial charge in [0, 0.05) is 5.75 Å².